The average molecular weight is 370 g/mol. The van der Waals surface area contributed by atoms with E-state index in [4.69, 9.17) is 0 Å². The first-order valence-electron chi connectivity index (χ1n) is 10.7. The molecule has 3 atom stereocenters. The summed E-state index contributed by atoms with van der Waals surface area (Å²) in [5.74, 6) is 1.52. The summed E-state index contributed by atoms with van der Waals surface area (Å²) < 4.78 is 0. The second-order valence-electron chi connectivity index (χ2n) is 9.99. The SMILES string of the molecule is CC(NC(=O)CN1C(=O)C2CC=CCC2C1=O)C12CC3CC(CC(C3)C1)C2. The minimum atomic E-state index is -0.254. The van der Waals surface area contributed by atoms with Gasteiger partial charge in [0, 0.05) is 6.04 Å². The van der Waals surface area contributed by atoms with Crippen molar-refractivity contribution < 1.29 is 14.4 Å². The van der Waals surface area contributed by atoms with E-state index < -0.39 is 0 Å². The lowest BCUT2D eigenvalue weighted by Gasteiger charge is -2.59. The predicted octanol–water partition coefficient (Wildman–Crippen LogP) is 2.66. The van der Waals surface area contributed by atoms with Crippen LogP contribution in [0.1, 0.15) is 58.3 Å². The molecule has 4 bridgehead atoms. The average Bonchev–Trinajstić information content (AvgIpc) is 2.86. The lowest BCUT2D eigenvalue weighted by Crippen LogP contribution is -2.57. The van der Waals surface area contributed by atoms with Crippen molar-refractivity contribution in [3.63, 3.8) is 0 Å². The highest BCUT2D eigenvalue weighted by Gasteiger charge is 2.53. The van der Waals surface area contributed by atoms with Crippen LogP contribution in [0.4, 0.5) is 0 Å². The van der Waals surface area contributed by atoms with Crippen LogP contribution >= 0.6 is 0 Å². The monoisotopic (exact) mass is 370 g/mol. The molecular weight excluding hydrogens is 340 g/mol. The number of carbonyl (C=O) groups excluding carboxylic acids is 3. The van der Waals surface area contributed by atoms with Crippen LogP contribution in [0.25, 0.3) is 0 Å². The van der Waals surface area contributed by atoms with Crippen molar-refractivity contribution >= 4 is 17.7 Å². The molecule has 3 unspecified atom stereocenters. The number of amides is 3. The van der Waals surface area contributed by atoms with Crippen LogP contribution < -0.4 is 5.32 Å². The summed E-state index contributed by atoms with van der Waals surface area (Å²) >= 11 is 0. The molecule has 5 fully saturated rings. The summed E-state index contributed by atoms with van der Waals surface area (Å²) in [6.45, 7) is 2.03. The van der Waals surface area contributed by atoms with Crippen LogP contribution in [-0.4, -0.2) is 35.2 Å². The van der Waals surface area contributed by atoms with Gasteiger partial charge >= 0.3 is 0 Å². The quantitative estimate of drug-likeness (QED) is 0.611. The third kappa shape index (κ3) is 2.76. The largest absolute Gasteiger partial charge is 0.352 e. The van der Waals surface area contributed by atoms with Crippen molar-refractivity contribution in [3.05, 3.63) is 12.2 Å². The molecule has 5 nitrogen and oxygen atoms in total. The van der Waals surface area contributed by atoms with Gasteiger partial charge in [0.1, 0.15) is 6.54 Å². The number of rotatable bonds is 4. The first-order chi connectivity index (χ1) is 12.9. The molecule has 5 aliphatic carbocycles. The van der Waals surface area contributed by atoms with Gasteiger partial charge in [0.25, 0.3) is 0 Å². The molecule has 0 spiro atoms. The van der Waals surface area contributed by atoms with E-state index in [1.165, 1.54) is 43.4 Å². The maximum atomic E-state index is 12.7. The van der Waals surface area contributed by atoms with Gasteiger partial charge in [0.15, 0.2) is 0 Å². The molecule has 1 heterocycles. The van der Waals surface area contributed by atoms with E-state index in [2.05, 4.69) is 12.2 Å². The number of likely N-dealkylation sites (tertiary alicyclic amines) is 1. The number of hydrogen-bond acceptors (Lipinski definition) is 3. The van der Waals surface area contributed by atoms with Gasteiger partial charge < -0.3 is 5.32 Å². The van der Waals surface area contributed by atoms with Crippen molar-refractivity contribution in [1.82, 2.24) is 10.2 Å². The molecule has 0 aromatic heterocycles. The number of nitrogens with one attached hydrogen (secondary N) is 1. The lowest BCUT2D eigenvalue weighted by molar-refractivity contribution is -0.144. The molecule has 0 aromatic rings. The molecule has 5 heteroatoms. The van der Waals surface area contributed by atoms with Gasteiger partial charge in [0.05, 0.1) is 11.8 Å². The number of fused-ring (bicyclic) bond motifs is 1. The third-order valence-electron chi connectivity index (χ3n) is 8.28. The molecule has 0 aromatic carbocycles. The highest BCUT2D eigenvalue weighted by molar-refractivity contribution is 6.07. The molecule has 0 radical (unpaired) electrons. The second kappa shape index (κ2) is 6.18. The van der Waals surface area contributed by atoms with Gasteiger partial charge in [-0.15, -0.1) is 0 Å². The Bertz CT molecular complexity index is 651. The molecule has 1 N–H and O–H groups in total. The third-order valence-corrected chi connectivity index (χ3v) is 8.28. The summed E-state index contributed by atoms with van der Waals surface area (Å²) in [5.41, 5.74) is 0.237. The topological polar surface area (TPSA) is 66.5 Å². The van der Waals surface area contributed by atoms with Crippen LogP contribution in [0.15, 0.2) is 12.2 Å². The van der Waals surface area contributed by atoms with Gasteiger partial charge in [0.2, 0.25) is 17.7 Å². The van der Waals surface area contributed by atoms with Crippen LogP contribution in [0.3, 0.4) is 0 Å². The molecule has 27 heavy (non-hydrogen) atoms. The Morgan fingerprint density at radius 3 is 2.00 bits per heavy atom. The van der Waals surface area contributed by atoms with Gasteiger partial charge in [-0.25, -0.2) is 0 Å². The Morgan fingerprint density at radius 2 is 1.52 bits per heavy atom. The van der Waals surface area contributed by atoms with E-state index in [9.17, 15) is 14.4 Å². The number of carbonyl (C=O) groups is 3. The van der Waals surface area contributed by atoms with Crippen molar-refractivity contribution in [2.75, 3.05) is 6.54 Å². The van der Waals surface area contributed by atoms with Gasteiger partial charge in [-0.2, -0.15) is 0 Å². The van der Waals surface area contributed by atoms with E-state index in [1.807, 2.05) is 12.2 Å². The molecule has 6 aliphatic rings. The van der Waals surface area contributed by atoms with Crippen molar-refractivity contribution in [1.29, 1.82) is 0 Å². The Morgan fingerprint density at radius 1 is 1.04 bits per heavy atom. The minimum Gasteiger partial charge on any atom is -0.352 e. The van der Waals surface area contributed by atoms with Crippen LogP contribution in [0.2, 0.25) is 0 Å². The number of allylic oxidation sites excluding steroid dienone is 2. The summed E-state index contributed by atoms with van der Waals surface area (Å²) in [6.07, 6.45) is 13.0. The van der Waals surface area contributed by atoms with Crippen LogP contribution in [0.5, 0.6) is 0 Å². The molecular formula is C22H30N2O3. The van der Waals surface area contributed by atoms with Crippen LogP contribution in [-0.2, 0) is 14.4 Å². The Labute approximate surface area is 160 Å². The van der Waals surface area contributed by atoms with E-state index in [0.717, 1.165) is 17.8 Å². The van der Waals surface area contributed by atoms with Gasteiger partial charge in [-0.05, 0) is 81.5 Å². The summed E-state index contributed by atoms with van der Waals surface area (Å²) in [5, 5.41) is 3.19. The molecule has 146 valence electrons. The zero-order chi connectivity index (χ0) is 18.8. The van der Waals surface area contributed by atoms with E-state index in [0.29, 0.717) is 12.8 Å². The van der Waals surface area contributed by atoms with Crippen molar-refractivity contribution in [2.45, 2.75) is 64.3 Å². The zero-order valence-corrected chi connectivity index (χ0v) is 16.2. The Balaban J connectivity index is 1.24. The van der Waals surface area contributed by atoms with Crippen molar-refractivity contribution in [2.24, 2.45) is 35.0 Å². The molecule has 6 rings (SSSR count). The van der Waals surface area contributed by atoms with E-state index in [-0.39, 0.29) is 47.6 Å². The first-order valence-corrected chi connectivity index (χ1v) is 10.7. The van der Waals surface area contributed by atoms with Crippen molar-refractivity contribution in [3.8, 4) is 0 Å². The van der Waals surface area contributed by atoms with Gasteiger partial charge in [-0.1, -0.05) is 12.2 Å². The summed E-state index contributed by atoms with van der Waals surface area (Å²) in [4.78, 5) is 39.1. The highest BCUT2D eigenvalue weighted by Crippen LogP contribution is 2.61. The molecule has 4 saturated carbocycles. The second-order valence-corrected chi connectivity index (χ2v) is 9.99. The predicted molar refractivity (Wildman–Crippen MR) is 100 cm³/mol. The minimum absolute atomic E-state index is 0.110. The normalized spacial score (nSPS) is 43.1. The van der Waals surface area contributed by atoms with E-state index in [1.54, 1.807) is 0 Å². The Hall–Kier alpha value is -1.65. The maximum absolute atomic E-state index is 12.7. The lowest BCUT2D eigenvalue weighted by atomic mass is 9.48. The fraction of sp³-hybridized carbons (Fsp3) is 0.773. The van der Waals surface area contributed by atoms with E-state index >= 15 is 0 Å². The number of nitrogens with zero attached hydrogens (tertiary/aromatic N) is 1. The molecule has 3 amide bonds. The highest BCUT2D eigenvalue weighted by atomic mass is 16.2. The number of hydrogen-bond donors (Lipinski definition) is 1. The van der Waals surface area contributed by atoms with Crippen LogP contribution in [0, 0.1) is 35.0 Å². The fourth-order valence-electron chi connectivity index (χ4n) is 7.32. The van der Waals surface area contributed by atoms with Gasteiger partial charge in [-0.3, -0.25) is 19.3 Å². The molecule has 1 saturated heterocycles. The standard InChI is InChI=1S/C22H30N2O3/c1-13(22-9-14-6-15(10-22)8-16(7-14)11-22)23-19(25)12-24-20(26)17-4-2-3-5-18(17)21(24)27/h2-3,13-18H,4-12H2,1H3,(H,23,25). The Kier molecular flexibility index (Phi) is 3.99. The molecule has 1 aliphatic heterocycles. The number of imide groups is 1. The summed E-state index contributed by atoms with van der Waals surface area (Å²) in [7, 11) is 0. The maximum Gasteiger partial charge on any atom is 0.240 e. The smallest absolute Gasteiger partial charge is 0.240 e. The zero-order valence-electron chi connectivity index (χ0n) is 16.2. The summed E-state index contributed by atoms with van der Waals surface area (Å²) in [6, 6.07) is 0.121. The fourth-order valence-corrected chi connectivity index (χ4v) is 7.32. The first kappa shape index (κ1) is 17.4.